The Hall–Kier alpha value is -2.26. The Morgan fingerprint density at radius 3 is 2.67 bits per heavy atom. The fourth-order valence-corrected chi connectivity index (χ4v) is 4.22. The van der Waals surface area contributed by atoms with Gasteiger partial charge in [-0.2, -0.15) is 0 Å². The topological polar surface area (TPSA) is 106 Å². The Bertz CT molecular complexity index is 890. The van der Waals surface area contributed by atoms with Gasteiger partial charge in [0.1, 0.15) is 11.6 Å². The lowest BCUT2D eigenvalue weighted by molar-refractivity contribution is 0.0953. The maximum atomic E-state index is 12.3. The van der Waals surface area contributed by atoms with Crippen LogP contribution < -0.4 is 10.0 Å². The van der Waals surface area contributed by atoms with Crippen molar-refractivity contribution in [1.29, 1.82) is 0 Å². The van der Waals surface area contributed by atoms with Crippen molar-refractivity contribution in [3.8, 4) is 0 Å². The van der Waals surface area contributed by atoms with Crippen LogP contribution in [0, 0.1) is 0 Å². The number of aryl methyl sites for hydroxylation is 1. The third-order valence-corrected chi connectivity index (χ3v) is 6.14. The van der Waals surface area contributed by atoms with Crippen LogP contribution >= 0.6 is 0 Å². The average molecular weight is 391 g/mol. The normalized spacial score (nSPS) is 14.4. The van der Waals surface area contributed by atoms with E-state index < -0.39 is 10.0 Å². The molecule has 9 heteroatoms. The van der Waals surface area contributed by atoms with Crippen molar-refractivity contribution in [2.75, 3.05) is 13.1 Å². The molecule has 3 rings (SSSR count). The van der Waals surface area contributed by atoms with Crippen LogP contribution in [0.4, 0.5) is 0 Å². The summed E-state index contributed by atoms with van der Waals surface area (Å²) in [5.74, 6) is 1.70. The van der Waals surface area contributed by atoms with E-state index in [0.717, 1.165) is 37.5 Å². The predicted molar refractivity (Wildman–Crippen MR) is 101 cm³/mol. The monoisotopic (exact) mass is 391 g/mol. The van der Waals surface area contributed by atoms with Crippen LogP contribution in [0.5, 0.6) is 0 Å². The number of carbonyl (C=O) groups excluding carboxylic acids is 1. The molecule has 0 saturated carbocycles. The van der Waals surface area contributed by atoms with Gasteiger partial charge in [-0.1, -0.05) is 13.3 Å². The smallest absolute Gasteiger partial charge is 0.251 e. The summed E-state index contributed by atoms with van der Waals surface area (Å²) in [6.45, 7) is 3.42. The average Bonchev–Trinajstić information content (AvgIpc) is 2.88. The number of hydrogen-bond donors (Lipinski definition) is 2. The van der Waals surface area contributed by atoms with Crippen molar-refractivity contribution in [2.24, 2.45) is 0 Å². The summed E-state index contributed by atoms with van der Waals surface area (Å²) in [6.07, 6.45) is 5.06. The quantitative estimate of drug-likeness (QED) is 0.739. The maximum Gasteiger partial charge on any atom is 0.251 e. The minimum atomic E-state index is -3.51. The lowest BCUT2D eigenvalue weighted by Gasteiger charge is -2.09. The molecule has 0 bridgehead atoms. The van der Waals surface area contributed by atoms with Crippen molar-refractivity contribution in [2.45, 2.75) is 50.5 Å². The van der Waals surface area contributed by atoms with Gasteiger partial charge in [-0.3, -0.25) is 4.79 Å². The van der Waals surface area contributed by atoms with E-state index in [1.807, 2.05) is 0 Å². The highest BCUT2D eigenvalue weighted by Crippen LogP contribution is 2.14. The summed E-state index contributed by atoms with van der Waals surface area (Å²) in [5.41, 5.74) is 0.422. The van der Waals surface area contributed by atoms with Crippen LogP contribution in [0.25, 0.3) is 0 Å². The SMILES string of the molecule is CCNS(=O)(=O)c1ccc(C(=O)NCCc2nnc3n2CCCCC3)cc1. The molecule has 2 heterocycles. The molecule has 0 radical (unpaired) electrons. The van der Waals surface area contributed by atoms with Gasteiger partial charge in [0.05, 0.1) is 4.90 Å². The van der Waals surface area contributed by atoms with Gasteiger partial charge >= 0.3 is 0 Å². The van der Waals surface area contributed by atoms with Gasteiger partial charge in [-0.15, -0.1) is 10.2 Å². The second-order valence-corrected chi connectivity index (χ2v) is 8.29. The lowest BCUT2D eigenvalue weighted by atomic mass is 10.2. The number of benzene rings is 1. The molecule has 2 aromatic rings. The first-order chi connectivity index (χ1) is 13.0. The van der Waals surface area contributed by atoms with Crippen LogP contribution in [0.3, 0.4) is 0 Å². The van der Waals surface area contributed by atoms with Crippen LogP contribution in [0.15, 0.2) is 29.2 Å². The van der Waals surface area contributed by atoms with Crippen LogP contribution in [0.1, 0.15) is 48.2 Å². The van der Waals surface area contributed by atoms with Crippen molar-refractivity contribution in [1.82, 2.24) is 24.8 Å². The first kappa shape index (κ1) is 19.5. The van der Waals surface area contributed by atoms with Gasteiger partial charge in [-0.05, 0) is 37.1 Å². The van der Waals surface area contributed by atoms with Crippen molar-refractivity contribution in [3.05, 3.63) is 41.5 Å². The summed E-state index contributed by atoms with van der Waals surface area (Å²) in [6, 6.07) is 5.90. The zero-order valence-electron chi connectivity index (χ0n) is 15.4. The van der Waals surface area contributed by atoms with E-state index in [4.69, 9.17) is 0 Å². The lowest BCUT2D eigenvalue weighted by Crippen LogP contribution is -2.27. The minimum Gasteiger partial charge on any atom is -0.352 e. The fraction of sp³-hybridized carbons (Fsp3) is 0.500. The van der Waals surface area contributed by atoms with Crippen molar-refractivity contribution in [3.63, 3.8) is 0 Å². The Labute approximate surface area is 159 Å². The fourth-order valence-electron chi connectivity index (χ4n) is 3.18. The molecule has 8 nitrogen and oxygen atoms in total. The molecular formula is C18H25N5O3S. The van der Waals surface area contributed by atoms with Crippen LogP contribution in [0.2, 0.25) is 0 Å². The molecule has 1 amide bonds. The highest BCUT2D eigenvalue weighted by molar-refractivity contribution is 7.89. The molecule has 0 unspecified atom stereocenters. The van der Waals surface area contributed by atoms with E-state index in [1.165, 1.54) is 30.7 Å². The minimum absolute atomic E-state index is 0.145. The highest BCUT2D eigenvalue weighted by atomic mass is 32.2. The molecule has 146 valence electrons. The molecule has 0 aliphatic carbocycles. The van der Waals surface area contributed by atoms with Crippen LogP contribution in [-0.2, 0) is 29.4 Å². The van der Waals surface area contributed by atoms with E-state index in [1.54, 1.807) is 6.92 Å². The van der Waals surface area contributed by atoms with Gasteiger partial charge in [0.25, 0.3) is 5.91 Å². The van der Waals surface area contributed by atoms with Gasteiger partial charge in [-0.25, -0.2) is 13.1 Å². The van der Waals surface area contributed by atoms with Gasteiger partial charge in [0, 0.05) is 38.0 Å². The first-order valence-corrected chi connectivity index (χ1v) is 10.8. The van der Waals surface area contributed by atoms with E-state index in [2.05, 4.69) is 24.8 Å². The molecule has 0 fully saturated rings. The largest absolute Gasteiger partial charge is 0.352 e. The molecule has 1 aromatic heterocycles. The summed E-state index contributed by atoms with van der Waals surface area (Å²) < 4.78 is 28.5. The molecule has 0 atom stereocenters. The Morgan fingerprint density at radius 2 is 1.93 bits per heavy atom. The second-order valence-electron chi connectivity index (χ2n) is 6.53. The van der Waals surface area contributed by atoms with Crippen LogP contribution in [-0.4, -0.2) is 42.2 Å². The zero-order valence-corrected chi connectivity index (χ0v) is 16.3. The maximum absolute atomic E-state index is 12.3. The Balaban J connectivity index is 1.56. The molecule has 2 N–H and O–H groups in total. The number of sulfonamides is 1. The highest BCUT2D eigenvalue weighted by Gasteiger charge is 2.16. The number of amides is 1. The summed E-state index contributed by atoms with van der Waals surface area (Å²) in [7, 11) is -3.51. The standard InChI is InChI=1S/C18H25N5O3S/c1-2-20-27(25,26)15-9-7-14(8-10-15)18(24)19-12-11-17-22-21-16-6-4-3-5-13-23(16)17/h7-10,20H,2-6,11-13H2,1H3,(H,19,24). The number of hydrogen-bond acceptors (Lipinski definition) is 5. The van der Waals surface area contributed by atoms with E-state index in [-0.39, 0.29) is 10.8 Å². The first-order valence-electron chi connectivity index (χ1n) is 9.30. The predicted octanol–water partition coefficient (Wildman–Crippen LogP) is 1.28. The number of carbonyl (C=O) groups is 1. The molecule has 0 spiro atoms. The van der Waals surface area contributed by atoms with Crippen molar-refractivity contribution >= 4 is 15.9 Å². The number of aromatic nitrogens is 3. The van der Waals surface area contributed by atoms with E-state index in [0.29, 0.717) is 25.1 Å². The Morgan fingerprint density at radius 1 is 1.15 bits per heavy atom. The Kier molecular flexibility index (Phi) is 6.22. The summed E-state index contributed by atoms with van der Waals surface area (Å²) in [5, 5.41) is 11.4. The molecular weight excluding hydrogens is 366 g/mol. The molecule has 1 aliphatic heterocycles. The summed E-state index contributed by atoms with van der Waals surface area (Å²) >= 11 is 0. The third-order valence-electron chi connectivity index (χ3n) is 4.58. The molecule has 0 saturated heterocycles. The third kappa shape index (κ3) is 4.72. The number of fused-ring (bicyclic) bond motifs is 1. The van der Waals surface area contributed by atoms with E-state index >= 15 is 0 Å². The van der Waals surface area contributed by atoms with Gasteiger partial charge in [0.15, 0.2) is 0 Å². The zero-order chi connectivity index (χ0) is 19.3. The number of nitrogens with zero attached hydrogens (tertiary/aromatic N) is 3. The van der Waals surface area contributed by atoms with Crippen molar-refractivity contribution < 1.29 is 13.2 Å². The van der Waals surface area contributed by atoms with E-state index in [9.17, 15) is 13.2 Å². The van der Waals surface area contributed by atoms with Gasteiger partial charge in [0.2, 0.25) is 10.0 Å². The molecule has 1 aliphatic rings. The summed E-state index contributed by atoms with van der Waals surface area (Å²) in [4.78, 5) is 12.4. The molecule has 1 aromatic carbocycles. The number of rotatable bonds is 7. The number of nitrogens with one attached hydrogen (secondary N) is 2. The molecule has 27 heavy (non-hydrogen) atoms. The van der Waals surface area contributed by atoms with Gasteiger partial charge < -0.3 is 9.88 Å². The second kappa shape index (κ2) is 8.62.